The quantitative estimate of drug-likeness (QED) is 0.345. The molecular weight excluding hydrogens is 354 g/mol. The molecular formula is C23H35NO4. The second-order valence-corrected chi connectivity index (χ2v) is 7.27. The van der Waals surface area contributed by atoms with E-state index < -0.39 is 5.97 Å². The van der Waals surface area contributed by atoms with E-state index in [4.69, 9.17) is 9.84 Å². The number of aryl methyl sites for hydroxylation is 2. The van der Waals surface area contributed by atoms with E-state index in [1.807, 2.05) is 32.1 Å². The molecule has 0 spiro atoms. The van der Waals surface area contributed by atoms with Crippen LogP contribution in [0.5, 0.6) is 5.75 Å². The number of carboxylic acids is 1. The number of amides is 1. The lowest BCUT2D eigenvalue weighted by atomic mass is 10.0. The summed E-state index contributed by atoms with van der Waals surface area (Å²) in [6, 6.07) is 3.94. The fourth-order valence-electron chi connectivity index (χ4n) is 3.21. The molecule has 1 aromatic rings. The molecule has 0 bridgehead atoms. The molecule has 1 rings (SSSR count). The zero-order valence-corrected chi connectivity index (χ0v) is 17.6. The lowest BCUT2D eigenvalue weighted by Crippen LogP contribution is -2.22. The van der Waals surface area contributed by atoms with Crippen molar-refractivity contribution in [1.82, 2.24) is 5.32 Å². The molecule has 0 unspecified atom stereocenters. The van der Waals surface area contributed by atoms with Crippen molar-refractivity contribution < 1.29 is 19.4 Å². The lowest BCUT2D eigenvalue weighted by Gasteiger charge is -2.09. The Hall–Kier alpha value is -2.30. The number of methoxy groups -OCH3 is 1. The van der Waals surface area contributed by atoms with Gasteiger partial charge in [-0.25, -0.2) is 0 Å². The summed E-state index contributed by atoms with van der Waals surface area (Å²) in [7, 11) is 1.65. The summed E-state index contributed by atoms with van der Waals surface area (Å²) in [6.07, 6.45) is 12.2. The van der Waals surface area contributed by atoms with Crippen molar-refractivity contribution in [2.24, 2.45) is 0 Å². The Balaban J connectivity index is 2.13. The van der Waals surface area contributed by atoms with Crippen LogP contribution in [-0.2, 0) is 9.59 Å². The Morgan fingerprint density at radius 3 is 2.04 bits per heavy atom. The van der Waals surface area contributed by atoms with E-state index in [9.17, 15) is 9.59 Å². The molecule has 1 aromatic carbocycles. The molecule has 0 aromatic heterocycles. The average molecular weight is 390 g/mol. The van der Waals surface area contributed by atoms with Crippen LogP contribution in [0, 0.1) is 13.8 Å². The largest absolute Gasteiger partial charge is 0.497 e. The minimum absolute atomic E-state index is 0.0620. The van der Waals surface area contributed by atoms with Gasteiger partial charge >= 0.3 is 5.97 Å². The van der Waals surface area contributed by atoms with Gasteiger partial charge in [0.25, 0.3) is 0 Å². The van der Waals surface area contributed by atoms with Crippen LogP contribution >= 0.6 is 0 Å². The van der Waals surface area contributed by atoms with E-state index in [1.54, 1.807) is 13.2 Å². The molecule has 2 N–H and O–H groups in total. The zero-order chi connectivity index (χ0) is 20.8. The topological polar surface area (TPSA) is 75.6 Å². The van der Waals surface area contributed by atoms with Gasteiger partial charge in [-0.1, -0.05) is 38.5 Å². The fourth-order valence-corrected chi connectivity index (χ4v) is 3.21. The summed E-state index contributed by atoms with van der Waals surface area (Å²) >= 11 is 0. The van der Waals surface area contributed by atoms with E-state index in [0.29, 0.717) is 6.54 Å². The average Bonchev–Trinajstić information content (AvgIpc) is 2.64. The maximum absolute atomic E-state index is 12.0. The predicted octanol–water partition coefficient (Wildman–Crippen LogP) is 5.04. The highest BCUT2D eigenvalue weighted by molar-refractivity contribution is 5.92. The molecule has 0 atom stereocenters. The van der Waals surface area contributed by atoms with Crippen molar-refractivity contribution in [3.05, 3.63) is 34.9 Å². The minimum atomic E-state index is -0.703. The smallest absolute Gasteiger partial charge is 0.303 e. The van der Waals surface area contributed by atoms with Crippen LogP contribution in [0.25, 0.3) is 6.08 Å². The van der Waals surface area contributed by atoms with Gasteiger partial charge in [0.1, 0.15) is 5.75 Å². The van der Waals surface area contributed by atoms with Gasteiger partial charge in [0.15, 0.2) is 0 Å². The first-order valence-corrected chi connectivity index (χ1v) is 10.3. The molecule has 28 heavy (non-hydrogen) atoms. The standard InChI is InChI=1S/C23H35NO4/c1-18-16-20(28-3)17-19(2)21(18)13-14-22(25)24-15-11-9-7-5-4-6-8-10-12-23(26)27/h13-14,16-17H,4-12,15H2,1-3H3,(H,24,25)(H,26,27)/b14-13+. The number of rotatable bonds is 14. The number of aliphatic carboxylic acids is 1. The highest BCUT2D eigenvalue weighted by atomic mass is 16.5. The monoisotopic (exact) mass is 389 g/mol. The molecule has 0 aliphatic carbocycles. The molecule has 0 saturated carbocycles. The van der Waals surface area contributed by atoms with Crippen LogP contribution in [0.1, 0.15) is 74.5 Å². The van der Waals surface area contributed by atoms with E-state index in [-0.39, 0.29) is 12.3 Å². The van der Waals surface area contributed by atoms with E-state index in [1.165, 1.54) is 6.42 Å². The first-order valence-electron chi connectivity index (χ1n) is 10.3. The Kier molecular flexibility index (Phi) is 11.7. The molecule has 0 fully saturated rings. The molecule has 0 radical (unpaired) electrons. The molecule has 156 valence electrons. The Morgan fingerprint density at radius 2 is 1.50 bits per heavy atom. The van der Waals surface area contributed by atoms with Gasteiger partial charge in [-0.2, -0.15) is 0 Å². The molecule has 1 amide bonds. The third-order valence-corrected chi connectivity index (χ3v) is 4.82. The van der Waals surface area contributed by atoms with Crippen molar-refractivity contribution in [2.75, 3.05) is 13.7 Å². The van der Waals surface area contributed by atoms with Crippen molar-refractivity contribution in [3.63, 3.8) is 0 Å². The van der Waals surface area contributed by atoms with Gasteiger partial charge in [0.2, 0.25) is 5.91 Å². The second-order valence-electron chi connectivity index (χ2n) is 7.27. The predicted molar refractivity (Wildman–Crippen MR) is 114 cm³/mol. The van der Waals surface area contributed by atoms with Gasteiger partial charge in [0.05, 0.1) is 7.11 Å². The minimum Gasteiger partial charge on any atom is -0.497 e. The highest BCUT2D eigenvalue weighted by Crippen LogP contribution is 2.22. The van der Waals surface area contributed by atoms with Gasteiger partial charge < -0.3 is 15.2 Å². The van der Waals surface area contributed by atoms with Crippen LogP contribution in [0.3, 0.4) is 0 Å². The van der Waals surface area contributed by atoms with Gasteiger partial charge in [0, 0.05) is 19.0 Å². The number of carboxylic acid groups (broad SMARTS) is 1. The van der Waals surface area contributed by atoms with Crippen molar-refractivity contribution in [2.45, 2.75) is 71.6 Å². The third kappa shape index (κ3) is 10.1. The summed E-state index contributed by atoms with van der Waals surface area (Å²) in [6.45, 7) is 4.72. The highest BCUT2D eigenvalue weighted by Gasteiger charge is 2.04. The summed E-state index contributed by atoms with van der Waals surface area (Å²) < 4.78 is 5.26. The number of nitrogens with one attached hydrogen (secondary N) is 1. The summed E-state index contributed by atoms with van der Waals surface area (Å²) in [5.74, 6) is 0.0658. The number of ether oxygens (including phenoxy) is 1. The van der Waals surface area contributed by atoms with Crippen molar-refractivity contribution in [3.8, 4) is 5.75 Å². The molecule has 0 aliphatic heterocycles. The number of carbonyl (C=O) groups is 2. The number of hydrogen-bond donors (Lipinski definition) is 2. The van der Waals surface area contributed by atoms with Crippen LogP contribution in [0.4, 0.5) is 0 Å². The third-order valence-electron chi connectivity index (χ3n) is 4.82. The number of hydrogen-bond acceptors (Lipinski definition) is 3. The maximum atomic E-state index is 12.0. The van der Waals surface area contributed by atoms with Gasteiger partial charge in [-0.15, -0.1) is 0 Å². The summed E-state index contributed by atoms with van der Waals surface area (Å²) in [5, 5.41) is 11.5. The normalized spacial score (nSPS) is 11.0. The van der Waals surface area contributed by atoms with Gasteiger partial charge in [-0.05, 0) is 61.6 Å². The molecule has 0 heterocycles. The number of benzene rings is 1. The maximum Gasteiger partial charge on any atom is 0.303 e. The Bertz CT molecular complexity index is 629. The van der Waals surface area contributed by atoms with Crippen LogP contribution < -0.4 is 10.1 Å². The first-order chi connectivity index (χ1) is 13.4. The summed E-state index contributed by atoms with van der Waals surface area (Å²) in [4.78, 5) is 22.4. The zero-order valence-electron chi connectivity index (χ0n) is 17.6. The SMILES string of the molecule is COc1cc(C)c(/C=C/C(=O)NCCCCCCCCCCC(=O)O)c(C)c1. The molecule has 5 nitrogen and oxygen atoms in total. The Morgan fingerprint density at radius 1 is 0.964 bits per heavy atom. The summed E-state index contributed by atoms with van der Waals surface area (Å²) in [5.41, 5.74) is 3.23. The van der Waals surface area contributed by atoms with E-state index in [2.05, 4.69) is 5.32 Å². The number of carbonyl (C=O) groups excluding carboxylic acids is 1. The lowest BCUT2D eigenvalue weighted by molar-refractivity contribution is -0.137. The molecule has 5 heteroatoms. The van der Waals surface area contributed by atoms with Crippen molar-refractivity contribution >= 4 is 18.0 Å². The van der Waals surface area contributed by atoms with Gasteiger partial charge in [-0.3, -0.25) is 9.59 Å². The second kappa shape index (κ2) is 13.8. The van der Waals surface area contributed by atoms with E-state index in [0.717, 1.165) is 67.4 Å². The molecule has 0 aliphatic rings. The number of unbranched alkanes of at least 4 members (excludes halogenated alkanes) is 7. The van der Waals surface area contributed by atoms with E-state index >= 15 is 0 Å². The first kappa shape index (κ1) is 23.7. The fraction of sp³-hybridized carbons (Fsp3) is 0.565. The van der Waals surface area contributed by atoms with Crippen LogP contribution in [0.2, 0.25) is 0 Å². The van der Waals surface area contributed by atoms with Crippen molar-refractivity contribution in [1.29, 1.82) is 0 Å². The van der Waals surface area contributed by atoms with Crippen LogP contribution in [-0.4, -0.2) is 30.6 Å². The molecule has 0 saturated heterocycles. The Labute approximate surface area is 169 Å². The van der Waals surface area contributed by atoms with Crippen LogP contribution in [0.15, 0.2) is 18.2 Å².